The highest BCUT2D eigenvalue weighted by atomic mass is 35.5. The van der Waals surface area contributed by atoms with Gasteiger partial charge in [-0.15, -0.1) is 12.4 Å². The predicted molar refractivity (Wildman–Crippen MR) is 72.1 cm³/mol. The molecule has 1 saturated carbocycles. The van der Waals surface area contributed by atoms with Gasteiger partial charge in [-0.2, -0.15) is 0 Å². The lowest BCUT2D eigenvalue weighted by Crippen LogP contribution is -2.17. The maximum atomic E-state index is 3.64. The molecule has 2 atom stereocenters. The number of hydrogen-bond acceptors (Lipinski definition) is 1. The molecule has 0 saturated heterocycles. The average Bonchev–Trinajstić information content (AvgIpc) is 2.95. The van der Waals surface area contributed by atoms with Crippen LogP contribution in [0.4, 0.5) is 0 Å². The van der Waals surface area contributed by atoms with E-state index in [0.717, 1.165) is 18.5 Å². The first kappa shape index (κ1) is 13.5. The maximum absolute atomic E-state index is 3.64. The Hall–Kier alpha value is -0.530. The van der Waals surface area contributed by atoms with Crippen LogP contribution in [0.1, 0.15) is 37.3 Å². The van der Waals surface area contributed by atoms with Gasteiger partial charge in [0.2, 0.25) is 0 Å². The highest BCUT2D eigenvalue weighted by Crippen LogP contribution is 2.34. The zero-order valence-corrected chi connectivity index (χ0v) is 11.0. The van der Waals surface area contributed by atoms with Crippen molar-refractivity contribution < 1.29 is 0 Å². The number of nitrogens with one attached hydrogen (secondary N) is 1. The molecule has 0 amide bonds. The van der Waals surface area contributed by atoms with E-state index in [4.69, 9.17) is 0 Å². The zero-order chi connectivity index (χ0) is 10.7. The third-order valence-corrected chi connectivity index (χ3v) is 3.23. The second-order valence-corrected chi connectivity index (χ2v) is 4.76. The van der Waals surface area contributed by atoms with Crippen LogP contribution in [0.3, 0.4) is 0 Å². The van der Waals surface area contributed by atoms with Crippen molar-refractivity contribution in [2.24, 2.45) is 5.92 Å². The molecule has 0 spiro atoms. The van der Waals surface area contributed by atoms with E-state index in [9.17, 15) is 0 Å². The van der Waals surface area contributed by atoms with E-state index in [1.165, 1.54) is 30.4 Å². The second-order valence-electron chi connectivity index (χ2n) is 4.76. The average molecular weight is 240 g/mol. The van der Waals surface area contributed by atoms with Crippen LogP contribution in [0.25, 0.3) is 0 Å². The standard InChI is InChI=1S/C14H21N.ClH/c1-3-5-13-9-14(13)15-10-12-7-4-6-11(2)8-12;/h4,6-8,13-15H,3,5,9-10H2,1-2H3;1H. The Morgan fingerprint density at radius 1 is 1.38 bits per heavy atom. The number of benzene rings is 1. The summed E-state index contributed by atoms with van der Waals surface area (Å²) in [5.74, 6) is 0.958. The summed E-state index contributed by atoms with van der Waals surface area (Å²) in [6.07, 6.45) is 4.11. The highest BCUT2D eigenvalue weighted by Gasteiger charge is 2.35. The van der Waals surface area contributed by atoms with Gasteiger partial charge in [0.05, 0.1) is 0 Å². The Morgan fingerprint density at radius 2 is 2.19 bits per heavy atom. The molecule has 1 aliphatic carbocycles. The minimum atomic E-state index is 0. The van der Waals surface area contributed by atoms with Gasteiger partial charge in [-0.1, -0.05) is 43.2 Å². The van der Waals surface area contributed by atoms with E-state index in [-0.39, 0.29) is 12.4 Å². The molecular formula is C14H22ClN. The summed E-state index contributed by atoms with van der Waals surface area (Å²) in [4.78, 5) is 0. The Labute approximate surface area is 105 Å². The molecule has 2 rings (SSSR count). The first-order chi connectivity index (χ1) is 7.29. The number of aryl methyl sites for hydroxylation is 1. The van der Waals surface area contributed by atoms with Crippen molar-refractivity contribution in [2.75, 3.05) is 0 Å². The smallest absolute Gasteiger partial charge is 0.0208 e. The van der Waals surface area contributed by atoms with Crippen molar-refractivity contribution in [3.05, 3.63) is 35.4 Å². The van der Waals surface area contributed by atoms with E-state index >= 15 is 0 Å². The van der Waals surface area contributed by atoms with Crippen molar-refractivity contribution >= 4 is 12.4 Å². The lowest BCUT2D eigenvalue weighted by molar-refractivity contribution is 0.599. The van der Waals surface area contributed by atoms with Crippen LogP contribution >= 0.6 is 12.4 Å². The Bertz CT molecular complexity index is 324. The summed E-state index contributed by atoms with van der Waals surface area (Å²) in [6.45, 7) is 5.46. The summed E-state index contributed by atoms with van der Waals surface area (Å²) < 4.78 is 0. The van der Waals surface area contributed by atoms with Crippen LogP contribution in [0.5, 0.6) is 0 Å². The van der Waals surface area contributed by atoms with E-state index in [2.05, 4.69) is 43.4 Å². The summed E-state index contributed by atoms with van der Waals surface area (Å²) >= 11 is 0. The van der Waals surface area contributed by atoms with Gasteiger partial charge in [0.15, 0.2) is 0 Å². The molecule has 0 aromatic heterocycles. The van der Waals surface area contributed by atoms with Crippen LogP contribution < -0.4 is 5.32 Å². The van der Waals surface area contributed by atoms with Gasteiger partial charge < -0.3 is 5.32 Å². The van der Waals surface area contributed by atoms with Crippen molar-refractivity contribution in [3.63, 3.8) is 0 Å². The minimum absolute atomic E-state index is 0. The topological polar surface area (TPSA) is 12.0 Å². The molecule has 1 aromatic rings. The highest BCUT2D eigenvalue weighted by molar-refractivity contribution is 5.85. The molecule has 0 radical (unpaired) electrons. The van der Waals surface area contributed by atoms with E-state index in [1.54, 1.807) is 0 Å². The first-order valence-electron chi connectivity index (χ1n) is 6.08. The normalized spacial score (nSPS) is 22.6. The zero-order valence-electron chi connectivity index (χ0n) is 10.2. The maximum Gasteiger partial charge on any atom is 0.0208 e. The Morgan fingerprint density at radius 3 is 2.88 bits per heavy atom. The molecule has 1 aliphatic rings. The summed E-state index contributed by atoms with van der Waals surface area (Å²) in [5.41, 5.74) is 2.77. The van der Waals surface area contributed by atoms with Gasteiger partial charge in [0.25, 0.3) is 0 Å². The minimum Gasteiger partial charge on any atom is -0.310 e. The van der Waals surface area contributed by atoms with Crippen LogP contribution in [-0.4, -0.2) is 6.04 Å². The molecule has 1 nitrogen and oxygen atoms in total. The second kappa shape index (κ2) is 6.27. The first-order valence-corrected chi connectivity index (χ1v) is 6.08. The molecule has 16 heavy (non-hydrogen) atoms. The SMILES string of the molecule is CCCC1CC1NCc1cccc(C)c1.Cl. The van der Waals surface area contributed by atoms with Crippen LogP contribution in [0.2, 0.25) is 0 Å². The van der Waals surface area contributed by atoms with Gasteiger partial charge >= 0.3 is 0 Å². The van der Waals surface area contributed by atoms with Gasteiger partial charge in [-0.25, -0.2) is 0 Å². The van der Waals surface area contributed by atoms with Crippen LogP contribution in [0.15, 0.2) is 24.3 Å². The molecule has 2 unspecified atom stereocenters. The molecule has 90 valence electrons. The number of halogens is 1. The summed E-state index contributed by atoms with van der Waals surface area (Å²) in [5, 5.41) is 3.64. The summed E-state index contributed by atoms with van der Waals surface area (Å²) in [6, 6.07) is 9.57. The lowest BCUT2D eigenvalue weighted by atomic mass is 10.1. The molecule has 0 bridgehead atoms. The number of hydrogen-bond donors (Lipinski definition) is 1. The fourth-order valence-corrected chi connectivity index (χ4v) is 2.26. The lowest BCUT2D eigenvalue weighted by Gasteiger charge is -2.04. The van der Waals surface area contributed by atoms with E-state index < -0.39 is 0 Å². The molecule has 0 aliphatic heterocycles. The predicted octanol–water partition coefficient (Wildman–Crippen LogP) is 3.70. The third kappa shape index (κ3) is 3.80. The molecule has 1 fully saturated rings. The molecule has 2 heteroatoms. The summed E-state index contributed by atoms with van der Waals surface area (Å²) in [7, 11) is 0. The monoisotopic (exact) mass is 239 g/mol. The Kier molecular flexibility index (Phi) is 5.30. The van der Waals surface area contributed by atoms with Crippen molar-refractivity contribution in [3.8, 4) is 0 Å². The molecule has 0 heterocycles. The largest absolute Gasteiger partial charge is 0.310 e. The van der Waals surface area contributed by atoms with Crippen molar-refractivity contribution in [1.82, 2.24) is 5.32 Å². The van der Waals surface area contributed by atoms with Gasteiger partial charge in [0, 0.05) is 12.6 Å². The van der Waals surface area contributed by atoms with Crippen LogP contribution in [-0.2, 0) is 6.54 Å². The molecule has 1 aromatic carbocycles. The van der Waals surface area contributed by atoms with Gasteiger partial charge in [-0.3, -0.25) is 0 Å². The van der Waals surface area contributed by atoms with Crippen molar-refractivity contribution in [1.29, 1.82) is 0 Å². The Balaban J connectivity index is 0.00000128. The quantitative estimate of drug-likeness (QED) is 0.827. The van der Waals surface area contributed by atoms with Crippen molar-refractivity contribution in [2.45, 2.75) is 45.7 Å². The van der Waals surface area contributed by atoms with Crippen LogP contribution in [0, 0.1) is 12.8 Å². The van der Waals surface area contributed by atoms with Gasteiger partial charge in [0.1, 0.15) is 0 Å². The fraction of sp³-hybridized carbons (Fsp3) is 0.571. The van der Waals surface area contributed by atoms with E-state index in [0.29, 0.717) is 0 Å². The third-order valence-electron chi connectivity index (χ3n) is 3.23. The fourth-order valence-electron chi connectivity index (χ4n) is 2.26. The van der Waals surface area contributed by atoms with Gasteiger partial charge in [-0.05, 0) is 31.2 Å². The number of rotatable bonds is 5. The molecule has 1 N–H and O–H groups in total. The molecular weight excluding hydrogens is 218 g/mol. The van der Waals surface area contributed by atoms with E-state index in [1.807, 2.05) is 0 Å².